The predicted octanol–water partition coefficient (Wildman–Crippen LogP) is 1.29. The number of rotatable bonds is 4. The molecular weight excluding hydrogens is 148 g/mol. The van der Waals surface area contributed by atoms with Crippen LogP contribution in [0.15, 0.2) is 12.2 Å². The van der Waals surface area contributed by atoms with E-state index in [9.17, 15) is 0 Å². The van der Waals surface area contributed by atoms with E-state index in [1.807, 2.05) is 7.05 Å². The summed E-state index contributed by atoms with van der Waals surface area (Å²) in [6, 6.07) is 0.590. The van der Waals surface area contributed by atoms with Crippen molar-refractivity contribution < 1.29 is 0 Å². The van der Waals surface area contributed by atoms with E-state index in [-0.39, 0.29) is 0 Å². The summed E-state index contributed by atoms with van der Waals surface area (Å²) in [6.07, 6.45) is 5.07. The standard InChI is InChI=1S/C10H20N2/c1-9(6-8-11-2)10-5-3-4-7-12-10/h10-12H,1,3-8H2,2H3. The van der Waals surface area contributed by atoms with Crippen molar-refractivity contribution in [2.45, 2.75) is 31.7 Å². The van der Waals surface area contributed by atoms with Gasteiger partial charge in [-0.15, -0.1) is 0 Å². The van der Waals surface area contributed by atoms with E-state index in [0.717, 1.165) is 13.0 Å². The molecule has 1 heterocycles. The minimum atomic E-state index is 0.590. The van der Waals surface area contributed by atoms with Crippen LogP contribution >= 0.6 is 0 Å². The maximum absolute atomic E-state index is 4.11. The van der Waals surface area contributed by atoms with Crippen LogP contribution < -0.4 is 10.6 Å². The third-order valence-electron chi connectivity index (χ3n) is 2.50. The van der Waals surface area contributed by atoms with Crippen molar-refractivity contribution in [3.05, 3.63) is 12.2 Å². The van der Waals surface area contributed by atoms with Crippen LogP contribution in [-0.4, -0.2) is 26.2 Å². The van der Waals surface area contributed by atoms with Gasteiger partial charge < -0.3 is 10.6 Å². The number of hydrogen-bond donors (Lipinski definition) is 2. The molecular formula is C10H20N2. The highest BCUT2D eigenvalue weighted by Gasteiger charge is 2.14. The van der Waals surface area contributed by atoms with E-state index in [0.29, 0.717) is 6.04 Å². The molecule has 1 aliphatic heterocycles. The topological polar surface area (TPSA) is 24.1 Å². The molecule has 1 atom stereocenters. The first-order valence-electron chi connectivity index (χ1n) is 4.90. The Morgan fingerprint density at radius 1 is 1.58 bits per heavy atom. The fraction of sp³-hybridized carbons (Fsp3) is 0.800. The average Bonchev–Trinajstić information content (AvgIpc) is 2.15. The van der Waals surface area contributed by atoms with E-state index < -0.39 is 0 Å². The lowest BCUT2D eigenvalue weighted by atomic mass is 9.96. The van der Waals surface area contributed by atoms with Crippen LogP contribution in [0.4, 0.5) is 0 Å². The van der Waals surface area contributed by atoms with Gasteiger partial charge in [0.25, 0.3) is 0 Å². The Morgan fingerprint density at radius 2 is 2.42 bits per heavy atom. The minimum Gasteiger partial charge on any atom is -0.319 e. The molecule has 0 aromatic carbocycles. The van der Waals surface area contributed by atoms with Crippen LogP contribution in [0.2, 0.25) is 0 Å². The molecule has 70 valence electrons. The fourth-order valence-electron chi connectivity index (χ4n) is 1.66. The third kappa shape index (κ3) is 2.95. The van der Waals surface area contributed by atoms with Crippen molar-refractivity contribution in [2.24, 2.45) is 0 Å². The summed E-state index contributed by atoms with van der Waals surface area (Å²) in [7, 11) is 1.99. The predicted molar refractivity (Wildman–Crippen MR) is 53.3 cm³/mol. The second kappa shape index (κ2) is 5.33. The van der Waals surface area contributed by atoms with Crippen molar-refractivity contribution in [1.82, 2.24) is 10.6 Å². The van der Waals surface area contributed by atoms with Gasteiger partial charge in [-0.2, -0.15) is 0 Å². The summed E-state index contributed by atoms with van der Waals surface area (Å²) in [5, 5.41) is 6.65. The SMILES string of the molecule is C=C(CCNC)C1CCCCN1. The second-order valence-electron chi connectivity index (χ2n) is 3.51. The fourth-order valence-corrected chi connectivity index (χ4v) is 1.66. The molecule has 0 bridgehead atoms. The zero-order valence-electron chi connectivity index (χ0n) is 8.03. The maximum Gasteiger partial charge on any atom is 0.0277 e. The van der Waals surface area contributed by atoms with Gasteiger partial charge in [0.05, 0.1) is 0 Å². The smallest absolute Gasteiger partial charge is 0.0277 e. The minimum absolute atomic E-state index is 0.590. The Bertz CT molecular complexity index is 137. The molecule has 1 fully saturated rings. The second-order valence-corrected chi connectivity index (χ2v) is 3.51. The van der Waals surface area contributed by atoms with Gasteiger partial charge in [0.1, 0.15) is 0 Å². The summed E-state index contributed by atoms with van der Waals surface area (Å²) < 4.78 is 0. The van der Waals surface area contributed by atoms with Crippen molar-refractivity contribution in [3.63, 3.8) is 0 Å². The molecule has 1 aliphatic rings. The molecule has 1 unspecified atom stereocenters. The van der Waals surface area contributed by atoms with Gasteiger partial charge in [-0.1, -0.05) is 18.6 Å². The Kier molecular flexibility index (Phi) is 4.33. The summed E-state index contributed by atoms with van der Waals surface area (Å²) in [6.45, 7) is 6.34. The third-order valence-corrected chi connectivity index (χ3v) is 2.50. The van der Waals surface area contributed by atoms with Gasteiger partial charge >= 0.3 is 0 Å². The zero-order valence-corrected chi connectivity index (χ0v) is 8.03. The zero-order chi connectivity index (χ0) is 8.81. The van der Waals surface area contributed by atoms with Crippen molar-refractivity contribution in [1.29, 1.82) is 0 Å². The van der Waals surface area contributed by atoms with Crippen LogP contribution in [0, 0.1) is 0 Å². The maximum atomic E-state index is 4.11. The number of piperidine rings is 1. The molecule has 1 saturated heterocycles. The molecule has 0 aliphatic carbocycles. The van der Waals surface area contributed by atoms with Crippen LogP contribution in [0.5, 0.6) is 0 Å². The largest absolute Gasteiger partial charge is 0.319 e. The van der Waals surface area contributed by atoms with E-state index >= 15 is 0 Å². The van der Waals surface area contributed by atoms with Gasteiger partial charge in [-0.25, -0.2) is 0 Å². The average molecular weight is 168 g/mol. The van der Waals surface area contributed by atoms with E-state index in [1.165, 1.54) is 31.4 Å². The molecule has 2 heteroatoms. The quantitative estimate of drug-likeness (QED) is 0.618. The number of nitrogens with one attached hydrogen (secondary N) is 2. The Labute approximate surface area is 75.4 Å². The van der Waals surface area contributed by atoms with Gasteiger partial charge in [-0.05, 0) is 39.4 Å². The summed E-state index contributed by atoms with van der Waals surface area (Å²) in [4.78, 5) is 0. The molecule has 0 radical (unpaired) electrons. The first kappa shape index (κ1) is 9.75. The van der Waals surface area contributed by atoms with Crippen molar-refractivity contribution in [3.8, 4) is 0 Å². The Balaban J connectivity index is 2.20. The number of hydrogen-bond acceptors (Lipinski definition) is 2. The molecule has 2 N–H and O–H groups in total. The van der Waals surface area contributed by atoms with Crippen LogP contribution in [0.25, 0.3) is 0 Å². The van der Waals surface area contributed by atoms with Crippen LogP contribution in [0.3, 0.4) is 0 Å². The monoisotopic (exact) mass is 168 g/mol. The Hall–Kier alpha value is -0.340. The first-order valence-corrected chi connectivity index (χ1v) is 4.90. The summed E-state index contributed by atoms with van der Waals surface area (Å²) >= 11 is 0. The molecule has 2 nitrogen and oxygen atoms in total. The molecule has 12 heavy (non-hydrogen) atoms. The lowest BCUT2D eigenvalue weighted by Crippen LogP contribution is -2.35. The highest BCUT2D eigenvalue weighted by Crippen LogP contribution is 2.15. The molecule has 1 rings (SSSR count). The van der Waals surface area contributed by atoms with Crippen LogP contribution in [-0.2, 0) is 0 Å². The van der Waals surface area contributed by atoms with Crippen LogP contribution in [0.1, 0.15) is 25.7 Å². The highest BCUT2D eigenvalue weighted by molar-refractivity contribution is 5.06. The summed E-state index contributed by atoms with van der Waals surface area (Å²) in [5.41, 5.74) is 1.36. The van der Waals surface area contributed by atoms with E-state index in [2.05, 4.69) is 17.2 Å². The van der Waals surface area contributed by atoms with E-state index in [4.69, 9.17) is 0 Å². The molecule has 0 saturated carbocycles. The first-order chi connectivity index (χ1) is 5.84. The van der Waals surface area contributed by atoms with Gasteiger partial charge in [0.15, 0.2) is 0 Å². The molecule has 0 amide bonds. The van der Waals surface area contributed by atoms with Crippen molar-refractivity contribution >= 4 is 0 Å². The summed E-state index contributed by atoms with van der Waals surface area (Å²) in [5.74, 6) is 0. The normalized spacial score (nSPS) is 23.9. The van der Waals surface area contributed by atoms with Gasteiger partial charge in [-0.3, -0.25) is 0 Å². The Morgan fingerprint density at radius 3 is 3.00 bits per heavy atom. The molecule has 0 aromatic heterocycles. The molecule has 0 spiro atoms. The molecule has 0 aromatic rings. The lowest BCUT2D eigenvalue weighted by molar-refractivity contribution is 0.432. The van der Waals surface area contributed by atoms with E-state index in [1.54, 1.807) is 0 Å². The highest BCUT2D eigenvalue weighted by atomic mass is 14.9. The van der Waals surface area contributed by atoms with Gasteiger partial charge in [0.2, 0.25) is 0 Å². The van der Waals surface area contributed by atoms with Crippen molar-refractivity contribution in [2.75, 3.05) is 20.1 Å². The lowest BCUT2D eigenvalue weighted by Gasteiger charge is -2.25. The van der Waals surface area contributed by atoms with Gasteiger partial charge in [0, 0.05) is 6.04 Å².